The summed E-state index contributed by atoms with van der Waals surface area (Å²) in [4.78, 5) is 45.5. The molecule has 0 bridgehead atoms. The van der Waals surface area contributed by atoms with Gasteiger partial charge in [0.05, 0.1) is 13.5 Å². The van der Waals surface area contributed by atoms with Crippen LogP contribution in [-0.2, 0) is 16.0 Å². The molecule has 0 aliphatic heterocycles. The molecule has 0 radical (unpaired) electrons. The quantitative estimate of drug-likeness (QED) is 0.251. The number of ketones is 1. The van der Waals surface area contributed by atoms with Crippen molar-refractivity contribution < 1.29 is 19.1 Å². The van der Waals surface area contributed by atoms with Crippen molar-refractivity contribution in [2.75, 3.05) is 12.0 Å². The van der Waals surface area contributed by atoms with Gasteiger partial charge in [0.25, 0.3) is 0 Å². The second-order valence-corrected chi connectivity index (χ2v) is 10.4. The standard InChI is InChI=1S/C33H35N3O4/c1-22(37)24-9-8-12-27(19-24)36(31(38)20-25-21-34-30-14-7-6-13-29(25)30)32(23-15-17-28(40-2)18-16-23)33(39)35-26-10-4-3-5-11-26/h6-9,12-19,21,26,32,34H,3-5,10-11,20H2,1-2H3,(H,35,39). The molecule has 0 saturated heterocycles. The molecule has 7 heteroatoms. The SMILES string of the molecule is COc1ccc(C(C(=O)NC2CCCCC2)N(C(=O)Cc2c[nH]c3ccccc23)c2cccc(C(C)=O)c2)cc1. The first-order valence-electron chi connectivity index (χ1n) is 13.9. The molecule has 2 amide bonds. The van der Waals surface area contributed by atoms with Crippen LogP contribution in [-0.4, -0.2) is 35.7 Å². The molecule has 1 fully saturated rings. The average Bonchev–Trinajstić information content (AvgIpc) is 3.39. The summed E-state index contributed by atoms with van der Waals surface area (Å²) in [7, 11) is 1.59. The molecule has 1 aliphatic carbocycles. The van der Waals surface area contributed by atoms with Crippen molar-refractivity contribution >= 4 is 34.2 Å². The zero-order valence-electron chi connectivity index (χ0n) is 23.0. The van der Waals surface area contributed by atoms with E-state index in [1.807, 2.05) is 42.6 Å². The Morgan fingerprint density at radius 3 is 2.45 bits per heavy atom. The first-order chi connectivity index (χ1) is 19.4. The number of hydrogen-bond donors (Lipinski definition) is 2. The Balaban J connectivity index is 1.59. The molecule has 5 rings (SSSR count). The Kier molecular flexibility index (Phi) is 8.29. The first-order valence-corrected chi connectivity index (χ1v) is 13.9. The van der Waals surface area contributed by atoms with Crippen LogP contribution in [0.1, 0.15) is 66.6 Å². The summed E-state index contributed by atoms with van der Waals surface area (Å²) in [5, 5.41) is 4.20. The summed E-state index contributed by atoms with van der Waals surface area (Å²) < 4.78 is 5.35. The zero-order valence-corrected chi connectivity index (χ0v) is 23.0. The lowest BCUT2D eigenvalue weighted by atomic mass is 9.94. The van der Waals surface area contributed by atoms with Gasteiger partial charge >= 0.3 is 0 Å². The van der Waals surface area contributed by atoms with Gasteiger partial charge < -0.3 is 15.0 Å². The molecule has 4 aromatic rings. The maximum Gasteiger partial charge on any atom is 0.248 e. The Labute approximate surface area is 234 Å². The van der Waals surface area contributed by atoms with Crippen LogP contribution < -0.4 is 15.0 Å². The maximum atomic E-state index is 14.3. The van der Waals surface area contributed by atoms with E-state index in [1.54, 1.807) is 48.4 Å². The minimum absolute atomic E-state index is 0.0659. The fourth-order valence-electron chi connectivity index (χ4n) is 5.57. The fraction of sp³-hybridized carbons (Fsp3) is 0.303. The number of nitrogens with zero attached hydrogens (tertiary/aromatic N) is 1. The summed E-state index contributed by atoms with van der Waals surface area (Å²) >= 11 is 0. The molecular weight excluding hydrogens is 502 g/mol. The van der Waals surface area contributed by atoms with Crippen molar-refractivity contribution in [1.82, 2.24) is 10.3 Å². The maximum absolute atomic E-state index is 14.3. The van der Waals surface area contributed by atoms with Gasteiger partial charge in [0.1, 0.15) is 11.8 Å². The van der Waals surface area contributed by atoms with Crippen LogP contribution in [0.3, 0.4) is 0 Å². The van der Waals surface area contributed by atoms with Crippen molar-refractivity contribution in [2.24, 2.45) is 0 Å². The van der Waals surface area contributed by atoms with Gasteiger partial charge in [-0.1, -0.05) is 61.7 Å². The number of methoxy groups -OCH3 is 1. The normalized spacial score (nSPS) is 14.4. The predicted octanol–water partition coefficient (Wildman–Crippen LogP) is 6.15. The highest BCUT2D eigenvalue weighted by Gasteiger charge is 2.34. The van der Waals surface area contributed by atoms with Crippen molar-refractivity contribution in [3.8, 4) is 5.75 Å². The number of aromatic amines is 1. The van der Waals surface area contributed by atoms with Crippen LogP contribution in [0.25, 0.3) is 10.9 Å². The minimum atomic E-state index is -0.937. The van der Waals surface area contributed by atoms with Gasteiger partial charge in [-0.25, -0.2) is 0 Å². The summed E-state index contributed by atoms with van der Waals surface area (Å²) in [5.41, 5.74) is 3.42. The van der Waals surface area contributed by atoms with Crippen LogP contribution >= 0.6 is 0 Å². The van der Waals surface area contributed by atoms with Crippen LogP contribution in [0.2, 0.25) is 0 Å². The Bertz CT molecular complexity index is 1500. The molecule has 206 valence electrons. The average molecular weight is 538 g/mol. The molecule has 7 nitrogen and oxygen atoms in total. The molecule has 40 heavy (non-hydrogen) atoms. The highest BCUT2D eigenvalue weighted by molar-refractivity contribution is 6.04. The number of rotatable bonds is 9. The topological polar surface area (TPSA) is 91.5 Å². The number of nitrogens with one attached hydrogen (secondary N) is 2. The van der Waals surface area contributed by atoms with E-state index in [1.165, 1.54) is 13.3 Å². The zero-order chi connectivity index (χ0) is 28.1. The van der Waals surface area contributed by atoms with E-state index in [4.69, 9.17) is 4.74 Å². The first kappa shape index (κ1) is 27.2. The molecule has 1 aromatic heterocycles. The number of carbonyl (C=O) groups is 3. The molecule has 1 heterocycles. The van der Waals surface area contributed by atoms with Gasteiger partial charge in [0, 0.05) is 34.4 Å². The molecule has 1 atom stereocenters. The Morgan fingerprint density at radius 2 is 1.73 bits per heavy atom. The van der Waals surface area contributed by atoms with E-state index in [-0.39, 0.29) is 30.1 Å². The number of hydrogen-bond acceptors (Lipinski definition) is 4. The molecule has 1 unspecified atom stereocenters. The Hall–Kier alpha value is -4.39. The van der Waals surface area contributed by atoms with Crippen molar-refractivity contribution in [1.29, 1.82) is 0 Å². The second-order valence-electron chi connectivity index (χ2n) is 10.4. The largest absolute Gasteiger partial charge is 0.497 e. The summed E-state index contributed by atoms with van der Waals surface area (Å²) in [6, 6.07) is 21.1. The van der Waals surface area contributed by atoms with Crippen LogP contribution in [0.5, 0.6) is 5.75 Å². The number of anilines is 1. The van der Waals surface area contributed by atoms with Crippen molar-refractivity contribution in [3.63, 3.8) is 0 Å². The summed E-state index contributed by atoms with van der Waals surface area (Å²) in [6.45, 7) is 1.49. The van der Waals surface area contributed by atoms with Gasteiger partial charge in [-0.15, -0.1) is 0 Å². The van der Waals surface area contributed by atoms with E-state index in [2.05, 4.69) is 10.3 Å². The molecule has 2 N–H and O–H groups in total. The third kappa shape index (κ3) is 5.93. The number of benzene rings is 3. The van der Waals surface area contributed by atoms with Gasteiger partial charge in [-0.3, -0.25) is 19.3 Å². The number of ether oxygens (including phenoxy) is 1. The second kappa shape index (κ2) is 12.2. The smallest absolute Gasteiger partial charge is 0.248 e. The molecular formula is C33H35N3O4. The van der Waals surface area contributed by atoms with Gasteiger partial charge in [-0.05, 0) is 61.2 Å². The minimum Gasteiger partial charge on any atom is -0.497 e. The molecule has 3 aromatic carbocycles. The van der Waals surface area contributed by atoms with E-state index in [9.17, 15) is 14.4 Å². The lowest BCUT2D eigenvalue weighted by molar-refractivity contribution is -0.127. The lowest BCUT2D eigenvalue weighted by Crippen LogP contribution is -2.47. The Morgan fingerprint density at radius 1 is 0.975 bits per heavy atom. The number of amides is 2. The van der Waals surface area contributed by atoms with E-state index in [0.29, 0.717) is 22.6 Å². The highest BCUT2D eigenvalue weighted by atomic mass is 16.5. The van der Waals surface area contributed by atoms with Crippen LogP contribution in [0.4, 0.5) is 5.69 Å². The third-order valence-corrected chi connectivity index (χ3v) is 7.71. The van der Waals surface area contributed by atoms with E-state index >= 15 is 0 Å². The molecule has 0 spiro atoms. The number of H-pyrrole nitrogens is 1. The number of carbonyl (C=O) groups excluding carboxylic acids is 3. The van der Waals surface area contributed by atoms with Crippen molar-refractivity contribution in [2.45, 2.75) is 57.5 Å². The monoisotopic (exact) mass is 537 g/mol. The number of para-hydroxylation sites is 1. The molecule has 1 aliphatic rings. The molecule has 1 saturated carbocycles. The van der Waals surface area contributed by atoms with Gasteiger partial charge in [-0.2, -0.15) is 0 Å². The van der Waals surface area contributed by atoms with Crippen LogP contribution in [0, 0.1) is 0 Å². The fourth-order valence-corrected chi connectivity index (χ4v) is 5.57. The summed E-state index contributed by atoms with van der Waals surface area (Å²) in [5.74, 6) is 0.0617. The number of aromatic nitrogens is 1. The lowest BCUT2D eigenvalue weighted by Gasteiger charge is -2.34. The third-order valence-electron chi connectivity index (χ3n) is 7.71. The number of Topliss-reactive ketones (excluding diaryl/α,β-unsaturated/α-hetero) is 1. The predicted molar refractivity (Wildman–Crippen MR) is 157 cm³/mol. The summed E-state index contributed by atoms with van der Waals surface area (Å²) in [6.07, 6.45) is 7.08. The number of fused-ring (bicyclic) bond motifs is 1. The van der Waals surface area contributed by atoms with E-state index in [0.717, 1.165) is 42.1 Å². The van der Waals surface area contributed by atoms with Crippen molar-refractivity contribution in [3.05, 3.63) is 95.7 Å². The van der Waals surface area contributed by atoms with Crippen LogP contribution in [0.15, 0.2) is 79.0 Å². The van der Waals surface area contributed by atoms with Gasteiger partial charge in [0.15, 0.2) is 5.78 Å². The highest BCUT2D eigenvalue weighted by Crippen LogP contribution is 2.32. The van der Waals surface area contributed by atoms with Gasteiger partial charge in [0.2, 0.25) is 11.8 Å². The van der Waals surface area contributed by atoms with E-state index < -0.39 is 6.04 Å².